The zero-order valence-corrected chi connectivity index (χ0v) is 36.5. The summed E-state index contributed by atoms with van der Waals surface area (Å²) in [5.74, 6) is 0. The van der Waals surface area contributed by atoms with Crippen LogP contribution in [0.25, 0.3) is 89.2 Å². The predicted octanol–water partition coefficient (Wildman–Crippen LogP) is 16.9. The molecule has 1 atom stereocenters. The highest BCUT2D eigenvalue weighted by atomic mass is 15.2. The topological polar surface area (TPSA) is 8.17 Å². The largest absolute Gasteiger partial charge is 0.334 e. The van der Waals surface area contributed by atoms with Gasteiger partial charge in [0.25, 0.3) is 0 Å². The third-order valence-electron chi connectivity index (χ3n) is 13.3. The van der Waals surface area contributed by atoms with E-state index in [9.17, 15) is 0 Å². The average molecular weight is 843 g/mol. The predicted molar refractivity (Wildman–Crippen MR) is 280 cm³/mol. The van der Waals surface area contributed by atoms with E-state index >= 15 is 0 Å². The highest BCUT2D eigenvalue weighted by Crippen LogP contribution is 2.48. The first kappa shape index (κ1) is 39.2. The molecular weight excluding hydrogens is 797 g/mol. The lowest BCUT2D eigenvalue weighted by atomic mass is 9.88. The Bertz CT molecular complexity index is 3420. The molecule has 1 aliphatic carbocycles. The van der Waals surface area contributed by atoms with Crippen LogP contribution in [0.5, 0.6) is 0 Å². The summed E-state index contributed by atoms with van der Waals surface area (Å²) in [4.78, 5) is 2.51. The van der Waals surface area contributed by atoms with E-state index in [1.54, 1.807) is 0 Å². The molecule has 0 saturated carbocycles. The van der Waals surface area contributed by atoms with Crippen molar-refractivity contribution in [3.05, 3.63) is 266 Å². The Kier molecular flexibility index (Phi) is 10.0. The van der Waals surface area contributed by atoms with E-state index < -0.39 is 0 Å². The molecule has 0 N–H and O–H groups in total. The minimum Gasteiger partial charge on any atom is -0.334 e. The van der Waals surface area contributed by atoms with E-state index in [1.807, 2.05) is 0 Å². The number of aromatic nitrogens is 1. The van der Waals surface area contributed by atoms with Crippen LogP contribution in [-0.2, 0) is 6.42 Å². The fraction of sp³-hybridized carbons (Fsp3) is 0.0312. The van der Waals surface area contributed by atoms with Crippen molar-refractivity contribution in [3.8, 4) is 61.5 Å². The maximum Gasteiger partial charge on any atom is 0.0620 e. The minimum absolute atomic E-state index is 0.119. The van der Waals surface area contributed by atoms with Crippen molar-refractivity contribution < 1.29 is 0 Å². The SMILES string of the molecule is C1=CC(N(c2ccc(-c3ccccc3)cc2)c2ccc(-c3ccccc3)cc2)Cc2ccc(-c3cc4c(-c5ccccc5)c(-c5ccccc5)n(-c5ccccc5)c4c4ccccc34)cc21. The van der Waals surface area contributed by atoms with Gasteiger partial charge in [0, 0.05) is 33.4 Å². The number of rotatable bonds is 9. The van der Waals surface area contributed by atoms with E-state index in [0.29, 0.717) is 0 Å². The molecule has 2 nitrogen and oxygen atoms in total. The summed E-state index contributed by atoms with van der Waals surface area (Å²) in [6.45, 7) is 0. The molecule has 2 heteroatoms. The quantitative estimate of drug-likeness (QED) is 0.141. The van der Waals surface area contributed by atoms with Gasteiger partial charge in [-0.15, -0.1) is 0 Å². The average Bonchev–Trinajstić information content (AvgIpc) is 3.75. The lowest BCUT2D eigenvalue weighted by molar-refractivity contribution is 0.767. The van der Waals surface area contributed by atoms with Crippen LogP contribution in [0.1, 0.15) is 11.1 Å². The number of fused-ring (bicyclic) bond motifs is 4. The molecule has 0 radical (unpaired) electrons. The van der Waals surface area contributed by atoms with Gasteiger partial charge in [0.15, 0.2) is 0 Å². The van der Waals surface area contributed by atoms with Crippen molar-refractivity contribution in [2.45, 2.75) is 12.5 Å². The molecule has 1 aliphatic rings. The van der Waals surface area contributed by atoms with Crippen molar-refractivity contribution in [1.82, 2.24) is 4.57 Å². The van der Waals surface area contributed by atoms with Gasteiger partial charge in [0.1, 0.15) is 0 Å². The summed E-state index contributed by atoms with van der Waals surface area (Å²) in [6, 6.07) is 90.7. The van der Waals surface area contributed by atoms with Gasteiger partial charge in [-0.25, -0.2) is 0 Å². The van der Waals surface area contributed by atoms with Crippen LogP contribution >= 0.6 is 0 Å². The molecule has 1 unspecified atom stereocenters. The summed E-state index contributed by atoms with van der Waals surface area (Å²) < 4.78 is 2.49. The Balaban J connectivity index is 0.979. The van der Waals surface area contributed by atoms with E-state index in [-0.39, 0.29) is 6.04 Å². The first-order valence-electron chi connectivity index (χ1n) is 22.9. The second kappa shape index (κ2) is 16.9. The molecule has 312 valence electrons. The third-order valence-corrected chi connectivity index (χ3v) is 13.3. The van der Waals surface area contributed by atoms with Crippen LogP contribution in [0.2, 0.25) is 0 Å². The Morgan fingerprint density at radius 3 is 1.42 bits per heavy atom. The number of hydrogen-bond acceptors (Lipinski definition) is 1. The van der Waals surface area contributed by atoms with E-state index in [0.717, 1.165) is 12.1 Å². The molecule has 12 rings (SSSR count). The number of para-hydroxylation sites is 1. The Labute approximate surface area is 386 Å². The van der Waals surface area contributed by atoms with Gasteiger partial charge >= 0.3 is 0 Å². The summed E-state index contributed by atoms with van der Waals surface area (Å²) in [6.07, 6.45) is 5.64. The Hall–Kier alpha value is -8.46. The van der Waals surface area contributed by atoms with Gasteiger partial charge in [-0.1, -0.05) is 212 Å². The van der Waals surface area contributed by atoms with Crippen LogP contribution in [-0.4, -0.2) is 10.6 Å². The van der Waals surface area contributed by atoms with Gasteiger partial charge in [-0.3, -0.25) is 0 Å². The second-order valence-corrected chi connectivity index (χ2v) is 17.2. The van der Waals surface area contributed by atoms with Crippen LogP contribution in [0, 0.1) is 0 Å². The number of anilines is 2. The molecule has 10 aromatic carbocycles. The normalized spacial score (nSPS) is 13.2. The van der Waals surface area contributed by atoms with Crippen LogP contribution in [0.3, 0.4) is 0 Å². The lowest BCUT2D eigenvalue weighted by Gasteiger charge is -2.34. The molecule has 1 heterocycles. The highest BCUT2D eigenvalue weighted by molar-refractivity contribution is 6.20. The first-order valence-corrected chi connectivity index (χ1v) is 22.9. The molecule has 1 aromatic heterocycles. The summed E-state index contributed by atoms with van der Waals surface area (Å²) >= 11 is 0. The first-order chi connectivity index (χ1) is 32.7. The maximum absolute atomic E-state index is 2.51. The van der Waals surface area contributed by atoms with Gasteiger partial charge < -0.3 is 9.47 Å². The van der Waals surface area contributed by atoms with Crippen LogP contribution < -0.4 is 4.90 Å². The Morgan fingerprint density at radius 2 is 0.848 bits per heavy atom. The lowest BCUT2D eigenvalue weighted by Crippen LogP contribution is -2.32. The monoisotopic (exact) mass is 842 g/mol. The molecule has 0 bridgehead atoms. The molecule has 0 fully saturated rings. The molecule has 0 amide bonds. The molecule has 0 saturated heterocycles. The fourth-order valence-corrected chi connectivity index (χ4v) is 10.2. The highest BCUT2D eigenvalue weighted by Gasteiger charge is 2.26. The molecule has 0 aliphatic heterocycles. The van der Waals surface area contributed by atoms with Crippen molar-refractivity contribution in [2.24, 2.45) is 0 Å². The molecule has 66 heavy (non-hydrogen) atoms. The van der Waals surface area contributed by atoms with Gasteiger partial charge in [0.2, 0.25) is 0 Å². The summed E-state index contributed by atoms with van der Waals surface area (Å²) in [5, 5.41) is 3.70. The molecular formula is C64H46N2. The standard InChI is InChI=1S/C64H46N2/c1-6-18-45(19-7-1)47-32-37-55(38-33-47)65(56-39-34-48(35-40-56)46-20-8-2-9-21-46)57-41-36-51-42-53(31-30-52(51)43-57)60-44-61-62(49-22-10-3-11-23-49)63(50-24-12-4-13-25-50)66(54-26-14-5-15-27-54)64(61)59-29-17-16-28-58(59)60/h1-42,44,57H,43H2. The van der Waals surface area contributed by atoms with Crippen LogP contribution in [0.15, 0.2) is 255 Å². The fourth-order valence-electron chi connectivity index (χ4n) is 10.2. The van der Waals surface area contributed by atoms with Crippen LogP contribution in [0.4, 0.5) is 11.4 Å². The zero-order chi connectivity index (χ0) is 43.8. The van der Waals surface area contributed by atoms with Gasteiger partial charge in [0.05, 0.1) is 17.3 Å². The summed E-state index contributed by atoms with van der Waals surface area (Å²) in [7, 11) is 0. The Morgan fingerprint density at radius 1 is 0.379 bits per heavy atom. The molecule has 0 spiro atoms. The van der Waals surface area contributed by atoms with Crippen molar-refractivity contribution in [3.63, 3.8) is 0 Å². The molecule has 11 aromatic rings. The number of nitrogens with zero attached hydrogens (tertiary/aromatic N) is 2. The summed E-state index contributed by atoms with van der Waals surface area (Å²) in [5.41, 5.74) is 19.4. The second-order valence-electron chi connectivity index (χ2n) is 17.2. The maximum atomic E-state index is 2.51. The van der Waals surface area contributed by atoms with E-state index in [2.05, 4.69) is 270 Å². The van der Waals surface area contributed by atoms with Crippen molar-refractivity contribution >= 4 is 39.1 Å². The van der Waals surface area contributed by atoms with Gasteiger partial charge in [-0.2, -0.15) is 0 Å². The minimum atomic E-state index is 0.119. The third kappa shape index (κ3) is 7.10. The number of hydrogen-bond donors (Lipinski definition) is 0. The van der Waals surface area contributed by atoms with Crippen molar-refractivity contribution in [1.29, 1.82) is 0 Å². The van der Waals surface area contributed by atoms with Crippen molar-refractivity contribution in [2.75, 3.05) is 4.90 Å². The van der Waals surface area contributed by atoms with Gasteiger partial charge in [-0.05, 0) is 116 Å². The zero-order valence-electron chi connectivity index (χ0n) is 36.5. The smallest absolute Gasteiger partial charge is 0.0620 e. The van der Waals surface area contributed by atoms with E-state index in [1.165, 1.54) is 99.9 Å². The number of benzene rings is 10. The van der Waals surface area contributed by atoms with E-state index in [4.69, 9.17) is 0 Å².